The average Bonchev–Trinajstić information content (AvgIpc) is 2.72. The summed E-state index contributed by atoms with van der Waals surface area (Å²) < 4.78 is 38.9. The third-order valence-electron chi connectivity index (χ3n) is 4.40. The van der Waals surface area contributed by atoms with Gasteiger partial charge in [0.1, 0.15) is 5.82 Å². The summed E-state index contributed by atoms with van der Waals surface area (Å²) >= 11 is 0. The molecule has 0 aliphatic carbocycles. The number of hydrogen-bond donors (Lipinski definition) is 2. The van der Waals surface area contributed by atoms with Crippen LogP contribution >= 0.6 is 12.4 Å². The highest BCUT2D eigenvalue weighted by atomic mass is 35.5. The van der Waals surface area contributed by atoms with E-state index in [1.807, 2.05) is 0 Å². The van der Waals surface area contributed by atoms with Gasteiger partial charge in [0.15, 0.2) is 0 Å². The van der Waals surface area contributed by atoms with E-state index < -0.39 is 15.8 Å². The molecule has 2 saturated heterocycles. The zero-order valence-corrected chi connectivity index (χ0v) is 14.9. The maximum absolute atomic E-state index is 13.6. The minimum atomic E-state index is -3.55. The Balaban J connectivity index is 0.00000208. The van der Waals surface area contributed by atoms with Crippen LogP contribution < -0.4 is 10.0 Å². The van der Waals surface area contributed by atoms with Gasteiger partial charge in [-0.15, -0.1) is 12.4 Å². The Kier molecular flexibility index (Phi) is 5.72. The van der Waals surface area contributed by atoms with Crippen LogP contribution in [-0.2, 0) is 10.0 Å². The first-order valence-corrected chi connectivity index (χ1v) is 9.55. The molecule has 2 heterocycles. The van der Waals surface area contributed by atoms with Crippen molar-refractivity contribution in [3.8, 4) is 0 Å². The number of hydrogen-bond acceptors (Lipinski definition) is 4. The van der Waals surface area contributed by atoms with Gasteiger partial charge in [-0.1, -0.05) is 0 Å². The van der Waals surface area contributed by atoms with E-state index in [4.69, 9.17) is 0 Å². The summed E-state index contributed by atoms with van der Waals surface area (Å²) in [5, 5.41) is 3.30. The molecule has 2 fully saturated rings. The van der Waals surface area contributed by atoms with Gasteiger partial charge in [-0.3, -0.25) is 9.52 Å². The molecule has 134 valence electrons. The summed E-state index contributed by atoms with van der Waals surface area (Å²) in [5.41, 5.74) is 0.185. The smallest absolute Gasteiger partial charge is 0.256 e. The van der Waals surface area contributed by atoms with Crippen LogP contribution in [0.3, 0.4) is 0 Å². The number of carbonyl (C=O) groups excluding carboxylic acids is 1. The summed E-state index contributed by atoms with van der Waals surface area (Å²) in [6.45, 7) is 1.56. The Morgan fingerprint density at radius 1 is 1.29 bits per heavy atom. The Bertz CT molecular complexity index is 715. The molecule has 24 heavy (non-hydrogen) atoms. The van der Waals surface area contributed by atoms with E-state index in [1.165, 1.54) is 6.07 Å². The van der Waals surface area contributed by atoms with Crippen LogP contribution in [0.1, 0.15) is 29.6 Å². The molecule has 9 heteroatoms. The molecule has 2 aliphatic heterocycles. The van der Waals surface area contributed by atoms with Gasteiger partial charge >= 0.3 is 0 Å². The van der Waals surface area contributed by atoms with Gasteiger partial charge in [0.2, 0.25) is 10.0 Å². The monoisotopic (exact) mass is 377 g/mol. The van der Waals surface area contributed by atoms with Crippen molar-refractivity contribution in [1.29, 1.82) is 0 Å². The SMILES string of the molecule is CS(=O)(=O)Nc1ccc(F)cc1C(=O)N1C2CCNCC1CC2.Cl. The third-order valence-corrected chi connectivity index (χ3v) is 4.99. The van der Waals surface area contributed by atoms with Crippen molar-refractivity contribution in [2.24, 2.45) is 0 Å². The Morgan fingerprint density at radius 3 is 2.71 bits per heavy atom. The molecule has 2 N–H and O–H groups in total. The lowest BCUT2D eigenvalue weighted by Gasteiger charge is -2.28. The average molecular weight is 378 g/mol. The number of fused-ring (bicyclic) bond motifs is 2. The fourth-order valence-corrected chi connectivity index (χ4v) is 4.01. The number of nitrogens with one attached hydrogen (secondary N) is 2. The Morgan fingerprint density at radius 2 is 2.00 bits per heavy atom. The fourth-order valence-electron chi connectivity index (χ4n) is 3.44. The standard InChI is InChI=1S/C15H20FN3O3S.ClH/c1-23(21,22)18-14-5-2-10(16)8-13(14)15(20)19-11-3-4-12(19)9-17-7-6-11;/h2,5,8,11-12,17-18H,3-4,6-7,9H2,1H3;1H. The third kappa shape index (κ3) is 3.99. The molecule has 1 aromatic rings. The number of benzene rings is 1. The highest BCUT2D eigenvalue weighted by Crippen LogP contribution is 2.31. The number of amides is 1. The molecule has 2 atom stereocenters. The van der Waals surface area contributed by atoms with Gasteiger partial charge in [-0.05, 0) is 44.0 Å². The van der Waals surface area contributed by atoms with Crippen molar-refractivity contribution < 1.29 is 17.6 Å². The summed E-state index contributed by atoms with van der Waals surface area (Å²) in [6.07, 6.45) is 3.70. The van der Waals surface area contributed by atoms with E-state index in [0.29, 0.717) is 6.54 Å². The fraction of sp³-hybridized carbons (Fsp3) is 0.533. The molecular formula is C15H21ClFN3O3S. The van der Waals surface area contributed by atoms with Crippen LogP contribution in [-0.4, -0.2) is 50.7 Å². The first-order valence-electron chi connectivity index (χ1n) is 7.66. The van der Waals surface area contributed by atoms with Crippen LogP contribution in [0.2, 0.25) is 0 Å². The van der Waals surface area contributed by atoms with Crippen molar-refractivity contribution >= 4 is 34.0 Å². The first kappa shape index (κ1) is 19.0. The van der Waals surface area contributed by atoms with Crippen molar-refractivity contribution in [2.75, 3.05) is 24.1 Å². The summed E-state index contributed by atoms with van der Waals surface area (Å²) in [6, 6.07) is 3.74. The minimum Gasteiger partial charge on any atom is -0.331 e. The summed E-state index contributed by atoms with van der Waals surface area (Å²) in [4.78, 5) is 14.8. The van der Waals surface area contributed by atoms with Crippen LogP contribution in [0.15, 0.2) is 18.2 Å². The molecule has 0 saturated carbocycles. The van der Waals surface area contributed by atoms with Crippen molar-refractivity contribution in [3.63, 3.8) is 0 Å². The number of carbonyl (C=O) groups is 1. The molecule has 0 aromatic heterocycles. The van der Waals surface area contributed by atoms with E-state index in [2.05, 4.69) is 10.0 Å². The number of sulfonamides is 1. The molecule has 6 nitrogen and oxygen atoms in total. The zero-order valence-electron chi connectivity index (χ0n) is 13.3. The van der Waals surface area contributed by atoms with Crippen molar-refractivity contribution in [2.45, 2.75) is 31.3 Å². The second-order valence-electron chi connectivity index (χ2n) is 6.15. The van der Waals surface area contributed by atoms with Gasteiger partial charge in [0, 0.05) is 18.6 Å². The second kappa shape index (κ2) is 7.25. The molecular weight excluding hydrogens is 357 g/mol. The van der Waals surface area contributed by atoms with Crippen molar-refractivity contribution in [3.05, 3.63) is 29.6 Å². The predicted octanol–water partition coefficient (Wildman–Crippen LogP) is 1.59. The quantitative estimate of drug-likeness (QED) is 0.838. The molecule has 2 bridgehead atoms. The van der Waals surface area contributed by atoms with Crippen molar-refractivity contribution in [1.82, 2.24) is 10.2 Å². The highest BCUT2D eigenvalue weighted by Gasteiger charge is 2.39. The molecule has 1 amide bonds. The summed E-state index contributed by atoms with van der Waals surface area (Å²) in [5.74, 6) is -0.875. The normalized spacial score (nSPS) is 23.3. The number of nitrogens with zero attached hydrogens (tertiary/aromatic N) is 1. The lowest BCUT2D eigenvalue weighted by atomic mass is 10.1. The maximum Gasteiger partial charge on any atom is 0.256 e. The van der Waals surface area contributed by atoms with E-state index in [-0.39, 0.29) is 41.6 Å². The van der Waals surface area contributed by atoms with E-state index in [9.17, 15) is 17.6 Å². The van der Waals surface area contributed by atoms with Gasteiger partial charge < -0.3 is 10.2 Å². The van der Waals surface area contributed by atoms with Crippen LogP contribution in [0.4, 0.5) is 10.1 Å². The lowest BCUT2D eigenvalue weighted by Crippen LogP contribution is -2.42. The van der Waals surface area contributed by atoms with Crippen LogP contribution in [0, 0.1) is 5.82 Å². The van der Waals surface area contributed by atoms with E-state index >= 15 is 0 Å². The van der Waals surface area contributed by atoms with Crippen LogP contribution in [0.5, 0.6) is 0 Å². The Labute approximate surface area is 147 Å². The molecule has 0 spiro atoms. The largest absolute Gasteiger partial charge is 0.331 e. The predicted molar refractivity (Wildman–Crippen MR) is 92.6 cm³/mol. The zero-order chi connectivity index (χ0) is 16.6. The van der Waals surface area contributed by atoms with Gasteiger partial charge in [-0.2, -0.15) is 0 Å². The van der Waals surface area contributed by atoms with E-state index in [0.717, 1.165) is 44.2 Å². The molecule has 0 radical (unpaired) electrons. The molecule has 1 aromatic carbocycles. The molecule has 3 rings (SSSR count). The van der Waals surface area contributed by atoms with Crippen LogP contribution in [0.25, 0.3) is 0 Å². The second-order valence-corrected chi connectivity index (χ2v) is 7.90. The molecule has 2 aliphatic rings. The van der Waals surface area contributed by atoms with Gasteiger partial charge in [0.05, 0.1) is 17.5 Å². The topological polar surface area (TPSA) is 78.5 Å². The van der Waals surface area contributed by atoms with E-state index in [1.54, 1.807) is 4.90 Å². The number of rotatable bonds is 3. The lowest BCUT2D eigenvalue weighted by molar-refractivity contribution is 0.0681. The number of anilines is 1. The molecule has 2 unspecified atom stereocenters. The van der Waals surface area contributed by atoms with Gasteiger partial charge in [0.25, 0.3) is 5.91 Å². The highest BCUT2D eigenvalue weighted by molar-refractivity contribution is 7.92. The number of halogens is 2. The minimum absolute atomic E-state index is 0. The maximum atomic E-state index is 13.6. The Hall–Kier alpha value is -1.38. The summed E-state index contributed by atoms with van der Waals surface area (Å²) in [7, 11) is -3.55. The first-order chi connectivity index (χ1) is 10.8. The van der Waals surface area contributed by atoms with Gasteiger partial charge in [-0.25, -0.2) is 12.8 Å².